The van der Waals surface area contributed by atoms with Crippen LogP contribution < -0.4 is 30.5 Å². The second-order valence-electron chi connectivity index (χ2n) is 12.4. The molecule has 0 radical (unpaired) electrons. The summed E-state index contributed by atoms with van der Waals surface area (Å²) in [4.78, 5) is 41.5. The Bertz CT molecular complexity index is 1800. The van der Waals surface area contributed by atoms with Crippen LogP contribution in [-0.4, -0.2) is 70.7 Å². The van der Waals surface area contributed by atoms with Crippen LogP contribution in [0.5, 0.6) is 11.5 Å². The lowest BCUT2D eigenvalue weighted by Gasteiger charge is -2.35. The van der Waals surface area contributed by atoms with Gasteiger partial charge in [0.25, 0.3) is 5.56 Å². The van der Waals surface area contributed by atoms with Crippen LogP contribution in [0.4, 0.5) is 11.8 Å². The van der Waals surface area contributed by atoms with Gasteiger partial charge in [0.1, 0.15) is 5.82 Å². The second-order valence-corrected chi connectivity index (χ2v) is 12.4. The molecule has 4 heterocycles. The summed E-state index contributed by atoms with van der Waals surface area (Å²) in [5.74, 6) is 2.77. The minimum Gasteiger partial charge on any atom is -0.487 e. The molecule has 0 atom stereocenters. The molecule has 44 heavy (non-hydrogen) atoms. The fourth-order valence-corrected chi connectivity index (χ4v) is 6.20. The SMILES string of the molecule is Cc1ccc2c(c1)c(=O)n(C1CCN(c3nc(N4CCOCC4)nc4cc(OC(C)C)c(OC(C)C)cc34)CC1)c(=O)n2C. The molecule has 2 saturated heterocycles. The first-order valence-corrected chi connectivity index (χ1v) is 15.6. The quantitative estimate of drug-likeness (QED) is 0.308. The molecule has 2 aliphatic rings. The molecular formula is C33H42N6O5. The number of hydrogen-bond donors (Lipinski definition) is 0. The number of benzene rings is 2. The summed E-state index contributed by atoms with van der Waals surface area (Å²) in [6.07, 6.45) is 1.20. The van der Waals surface area contributed by atoms with E-state index in [1.54, 1.807) is 11.6 Å². The summed E-state index contributed by atoms with van der Waals surface area (Å²) in [7, 11) is 1.74. The molecule has 0 unspecified atom stereocenters. The van der Waals surface area contributed by atoms with Crippen LogP contribution in [-0.2, 0) is 11.8 Å². The predicted octanol–water partition coefficient (Wildman–Crippen LogP) is 4.20. The van der Waals surface area contributed by atoms with Crippen molar-refractivity contribution in [1.82, 2.24) is 19.1 Å². The van der Waals surface area contributed by atoms with Gasteiger partial charge in [-0.3, -0.25) is 13.9 Å². The number of rotatable bonds is 7. The van der Waals surface area contributed by atoms with Crippen molar-refractivity contribution in [3.63, 3.8) is 0 Å². The van der Waals surface area contributed by atoms with E-state index in [1.165, 1.54) is 4.57 Å². The van der Waals surface area contributed by atoms with E-state index in [9.17, 15) is 9.59 Å². The summed E-state index contributed by atoms with van der Waals surface area (Å²) >= 11 is 0. The molecule has 11 nitrogen and oxygen atoms in total. The highest BCUT2D eigenvalue weighted by Crippen LogP contribution is 2.39. The molecule has 2 aromatic carbocycles. The van der Waals surface area contributed by atoms with E-state index < -0.39 is 0 Å². The molecule has 0 aliphatic carbocycles. The summed E-state index contributed by atoms with van der Waals surface area (Å²) in [6, 6.07) is 9.38. The standard InChI is InChI=1S/C33H42N6O5/c1-20(2)43-28-18-24-26(19-29(28)44-21(3)4)34-32(38-13-15-42-16-14-38)35-30(24)37-11-9-23(10-12-37)39-31(40)25-17-22(5)7-8-27(25)36(6)33(39)41/h7-8,17-21,23H,9-16H2,1-6H3. The topological polar surface area (TPSA) is 104 Å². The first-order valence-electron chi connectivity index (χ1n) is 15.6. The van der Waals surface area contributed by atoms with Crippen molar-refractivity contribution in [3.05, 3.63) is 56.7 Å². The number of aromatic nitrogens is 4. The number of ether oxygens (including phenoxy) is 3. The van der Waals surface area contributed by atoms with Crippen molar-refractivity contribution in [2.75, 3.05) is 49.2 Å². The Hall–Kier alpha value is -4.12. The molecule has 0 N–H and O–H groups in total. The predicted molar refractivity (Wildman–Crippen MR) is 173 cm³/mol. The average Bonchev–Trinajstić information content (AvgIpc) is 3.00. The largest absolute Gasteiger partial charge is 0.487 e. The number of morpholine rings is 1. The van der Waals surface area contributed by atoms with E-state index in [4.69, 9.17) is 24.2 Å². The van der Waals surface area contributed by atoms with Crippen molar-refractivity contribution in [3.8, 4) is 11.5 Å². The molecule has 0 spiro atoms. The summed E-state index contributed by atoms with van der Waals surface area (Å²) < 4.78 is 21.0. The Morgan fingerprint density at radius 1 is 0.841 bits per heavy atom. The van der Waals surface area contributed by atoms with Crippen LogP contribution >= 0.6 is 0 Å². The Kier molecular flexibility index (Phi) is 8.24. The number of nitrogens with zero attached hydrogens (tertiary/aromatic N) is 6. The van der Waals surface area contributed by atoms with E-state index in [0.717, 1.165) is 22.3 Å². The third kappa shape index (κ3) is 5.72. The van der Waals surface area contributed by atoms with E-state index >= 15 is 0 Å². The van der Waals surface area contributed by atoms with Gasteiger partial charge >= 0.3 is 5.69 Å². The molecular weight excluding hydrogens is 560 g/mol. The van der Waals surface area contributed by atoms with Gasteiger partial charge in [-0.2, -0.15) is 4.98 Å². The van der Waals surface area contributed by atoms with Gasteiger partial charge in [-0.1, -0.05) is 11.6 Å². The fourth-order valence-electron chi connectivity index (χ4n) is 6.20. The molecule has 2 fully saturated rings. The van der Waals surface area contributed by atoms with Gasteiger partial charge in [0.05, 0.1) is 41.8 Å². The van der Waals surface area contributed by atoms with Gasteiger partial charge in [-0.25, -0.2) is 9.78 Å². The molecule has 0 amide bonds. The maximum atomic E-state index is 13.6. The highest BCUT2D eigenvalue weighted by molar-refractivity contribution is 5.93. The zero-order chi connectivity index (χ0) is 31.1. The van der Waals surface area contributed by atoms with Crippen LogP contribution in [0, 0.1) is 6.92 Å². The summed E-state index contributed by atoms with van der Waals surface area (Å²) in [5, 5.41) is 1.45. The average molecular weight is 603 g/mol. The molecule has 234 valence electrons. The normalized spacial score (nSPS) is 16.5. The Morgan fingerprint density at radius 2 is 1.50 bits per heavy atom. The van der Waals surface area contributed by atoms with E-state index in [0.29, 0.717) is 80.6 Å². The highest BCUT2D eigenvalue weighted by Gasteiger charge is 2.28. The monoisotopic (exact) mass is 602 g/mol. The van der Waals surface area contributed by atoms with Crippen LogP contribution in [0.3, 0.4) is 0 Å². The van der Waals surface area contributed by atoms with Crippen molar-refractivity contribution in [2.24, 2.45) is 7.05 Å². The number of fused-ring (bicyclic) bond motifs is 2. The van der Waals surface area contributed by atoms with Gasteiger partial charge in [-0.05, 0) is 65.7 Å². The van der Waals surface area contributed by atoms with Crippen molar-refractivity contribution >= 4 is 33.6 Å². The fraction of sp³-hybridized carbons (Fsp3) is 0.515. The minimum atomic E-state index is -0.278. The molecule has 2 aromatic heterocycles. The Labute approximate surface area is 257 Å². The van der Waals surface area contributed by atoms with Crippen molar-refractivity contribution < 1.29 is 14.2 Å². The maximum Gasteiger partial charge on any atom is 0.331 e. The molecule has 11 heteroatoms. The third-order valence-corrected chi connectivity index (χ3v) is 8.33. The maximum absolute atomic E-state index is 13.6. The lowest BCUT2D eigenvalue weighted by Crippen LogP contribution is -2.45. The van der Waals surface area contributed by atoms with Crippen LogP contribution in [0.25, 0.3) is 21.8 Å². The first kappa shape index (κ1) is 29.9. The van der Waals surface area contributed by atoms with Crippen LogP contribution in [0.1, 0.15) is 52.1 Å². The Balaban J connectivity index is 1.39. The van der Waals surface area contributed by atoms with Gasteiger partial charge in [0.2, 0.25) is 5.95 Å². The number of hydrogen-bond acceptors (Lipinski definition) is 9. The van der Waals surface area contributed by atoms with Gasteiger partial charge in [0.15, 0.2) is 11.5 Å². The van der Waals surface area contributed by atoms with Gasteiger partial charge in [-0.15, -0.1) is 0 Å². The van der Waals surface area contributed by atoms with Crippen molar-refractivity contribution in [1.29, 1.82) is 0 Å². The number of aryl methyl sites for hydroxylation is 2. The molecule has 0 saturated carbocycles. The van der Waals surface area contributed by atoms with Gasteiger partial charge in [0, 0.05) is 50.7 Å². The first-order chi connectivity index (χ1) is 21.1. The zero-order valence-corrected chi connectivity index (χ0v) is 26.5. The summed E-state index contributed by atoms with van der Waals surface area (Å²) in [6.45, 7) is 13.9. The smallest absolute Gasteiger partial charge is 0.331 e. The molecule has 6 rings (SSSR count). The molecule has 2 aliphatic heterocycles. The van der Waals surface area contributed by atoms with Crippen LogP contribution in [0.2, 0.25) is 0 Å². The van der Waals surface area contributed by atoms with Crippen molar-refractivity contribution in [2.45, 2.75) is 65.7 Å². The number of anilines is 2. The minimum absolute atomic E-state index is 0.0313. The summed E-state index contributed by atoms with van der Waals surface area (Å²) in [5.41, 5.74) is 1.92. The number of piperidine rings is 1. The van der Waals surface area contributed by atoms with E-state index in [2.05, 4.69) is 9.80 Å². The van der Waals surface area contributed by atoms with Crippen LogP contribution in [0.15, 0.2) is 39.9 Å². The second kappa shape index (κ2) is 12.1. The van der Waals surface area contributed by atoms with E-state index in [1.807, 2.05) is 65.0 Å². The van der Waals surface area contributed by atoms with E-state index in [-0.39, 0.29) is 29.5 Å². The molecule has 4 aromatic rings. The van der Waals surface area contributed by atoms with Gasteiger partial charge < -0.3 is 24.0 Å². The third-order valence-electron chi connectivity index (χ3n) is 8.33. The highest BCUT2D eigenvalue weighted by atomic mass is 16.5. The molecule has 0 bridgehead atoms. The lowest BCUT2D eigenvalue weighted by molar-refractivity contribution is 0.122. The zero-order valence-electron chi connectivity index (χ0n) is 26.5. The lowest BCUT2D eigenvalue weighted by atomic mass is 10.0. The Morgan fingerprint density at radius 3 is 2.16 bits per heavy atom.